The van der Waals surface area contributed by atoms with E-state index in [1.807, 2.05) is 33.8 Å². The number of carbonyl (C=O) groups is 1. The maximum absolute atomic E-state index is 11.2. The summed E-state index contributed by atoms with van der Waals surface area (Å²) in [6.07, 6.45) is 0. The predicted octanol–water partition coefficient (Wildman–Crippen LogP) is 3.27. The number of methoxy groups -OCH3 is 1. The zero-order chi connectivity index (χ0) is 11.8. The zero-order valence-electron chi connectivity index (χ0n) is 9.92. The maximum Gasteiger partial charge on any atom is 0.348 e. The normalized spacial score (nSPS) is 8.87. The van der Waals surface area contributed by atoms with Crippen molar-refractivity contribution in [3.8, 4) is 5.06 Å². The van der Waals surface area contributed by atoms with E-state index >= 15 is 0 Å². The molecular formula is C11H18O3S. The minimum Gasteiger partial charge on any atom is -0.484 e. The maximum atomic E-state index is 11.2. The Bertz CT molecular complexity index is 305. The summed E-state index contributed by atoms with van der Waals surface area (Å²) in [5.41, 5.74) is 0.903. The van der Waals surface area contributed by atoms with Gasteiger partial charge in [-0.3, -0.25) is 0 Å². The predicted molar refractivity (Wildman–Crippen MR) is 62.9 cm³/mol. The molecule has 1 aromatic rings. The lowest BCUT2D eigenvalue weighted by Gasteiger charge is -1.95. The van der Waals surface area contributed by atoms with Crippen molar-refractivity contribution in [2.45, 2.75) is 27.7 Å². The molecule has 15 heavy (non-hydrogen) atoms. The van der Waals surface area contributed by atoms with E-state index in [9.17, 15) is 4.79 Å². The molecule has 0 aromatic carbocycles. The Morgan fingerprint density at radius 2 is 2.07 bits per heavy atom. The van der Waals surface area contributed by atoms with Gasteiger partial charge in [-0.25, -0.2) is 4.79 Å². The second kappa shape index (κ2) is 7.29. The second-order valence-electron chi connectivity index (χ2n) is 2.50. The van der Waals surface area contributed by atoms with Crippen LogP contribution in [0.1, 0.15) is 36.0 Å². The Labute approximate surface area is 95.0 Å². The van der Waals surface area contributed by atoms with Crippen LogP contribution in [0.15, 0.2) is 6.07 Å². The quantitative estimate of drug-likeness (QED) is 0.748. The molecule has 0 spiro atoms. The molecule has 1 aromatic heterocycles. The number of ether oxygens (including phenoxy) is 2. The molecule has 0 saturated carbocycles. The van der Waals surface area contributed by atoms with Crippen LogP contribution in [0.4, 0.5) is 0 Å². The van der Waals surface area contributed by atoms with Gasteiger partial charge in [-0.15, -0.1) is 0 Å². The summed E-state index contributed by atoms with van der Waals surface area (Å²) in [6.45, 7) is 8.39. The van der Waals surface area contributed by atoms with Crippen molar-refractivity contribution in [3.05, 3.63) is 16.5 Å². The number of hydrogen-bond acceptors (Lipinski definition) is 4. The summed E-state index contributed by atoms with van der Waals surface area (Å²) in [6, 6.07) is 1.85. The van der Waals surface area contributed by atoms with Gasteiger partial charge in [-0.05, 0) is 25.5 Å². The summed E-state index contributed by atoms with van der Waals surface area (Å²) in [5, 5.41) is 0.764. The van der Waals surface area contributed by atoms with Gasteiger partial charge in [0.25, 0.3) is 0 Å². The highest BCUT2D eigenvalue weighted by Crippen LogP contribution is 2.29. The van der Waals surface area contributed by atoms with Crippen molar-refractivity contribution in [3.63, 3.8) is 0 Å². The van der Waals surface area contributed by atoms with Crippen molar-refractivity contribution in [1.29, 1.82) is 0 Å². The van der Waals surface area contributed by atoms with Crippen molar-refractivity contribution in [1.82, 2.24) is 0 Å². The lowest BCUT2D eigenvalue weighted by atomic mass is 10.3. The molecule has 0 aliphatic rings. The largest absolute Gasteiger partial charge is 0.484 e. The van der Waals surface area contributed by atoms with Gasteiger partial charge in [0.05, 0.1) is 13.7 Å². The van der Waals surface area contributed by atoms with Gasteiger partial charge in [0, 0.05) is 0 Å². The summed E-state index contributed by atoms with van der Waals surface area (Å²) >= 11 is 1.32. The molecule has 0 N–H and O–H groups in total. The van der Waals surface area contributed by atoms with Gasteiger partial charge >= 0.3 is 5.97 Å². The lowest BCUT2D eigenvalue weighted by molar-refractivity contribution is 0.0605. The van der Waals surface area contributed by atoms with Crippen LogP contribution in [0.3, 0.4) is 0 Å². The van der Waals surface area contributed by atoms with Crippen LogP contribution in [0.5, 0.6) is 5.06 Å². The molecule has 0 atom stereocenters. The Hall–Kier alpha value is -1.03. The molecular weight excluding hydrogens is 212 g/mol. The highest BCUT2D eigenvalue weighted by atomic mass is 32.1. The smallest absolute Gasteiger partial charge is 0.348 e. The summed E-state index contributed by atoms with van der Waals surface area (Å²) in [5.74, 6) is -0.298. The Kier molecular flexibility index (Phi) is 6.79. The molecule has 0 fully saturated rings. The average molecular weight is 230 g/mol. The lowest BCUT2D eigenvalue weighted by Crippen LogP contribution is -1.99. The number of carbonyl (C=O) groups excluding carboxylic acids is 1. The molecule has 0 aliphatic carbocycles. The number of aryl methyl sites for hydroxylation is 1. The van der Waals surface area contributed by atoms with E-state index in [4.69, 9.17) is 4.74 Å². The molecule has 4 heteroatoms. The van der Waals surface area contributed by atoms with E-state index in [2.05, 4.69) is 4.74 Å². The highest BCUT2D eigenvalue weighted by molar-refractivity contribution is 7.15. The first kappa shape index (κ1) is 14.0. The van der Waals surface area contributed by atoms with E-state index in [1.54, 1.807) is 0 Å². The number of thiophene rings is 1. The van der Waals surface area contributed by atoms with Crippen molar-refractivity contribution in [2.24, 2.45) is 0 Å². The van der Waals surface area contributed by atoms with Gasteiger partial charge in [0.2, 0.25) is 0 Å². The van der Waals surface area contributed by atoms with E-state index in [0.717, 1.165) is 10.6 Å². The number of rotatable bonds is 3. The van der Waals surface area contributed by atoms with Crippen LogP contribution in [0.2, 0.25) is 0 Å². The van der Waals surface area contributed by atoms with Crippen molar-refractivity contribution in [2.75, 3.05) is 13.7 Å². The van der Waals surface area contributed by atoms with Crippen molar-refractivity contribution >= 4 is 17.3 Å². The number of esters is 1. The molecule has 0 saturated heterocycles. The van der Waals surface area contributed by atoms with Crippen molar-refractivity contribution < 1.29 is 14.3 Å². The molecule has 0 unspecified atom stereocenters. The monoisotopic (exact) mass is 230 g/mol. The minimum absolute atomic E-state index is 0.298. The highest BCUT2D eigenvalue weighted by Gasteiger charge is 2.13. The van der Waals surface area contributed by atoms with Crippen LogP contribution in [0.25, 0.3) is 0 Å². The fourth-order valence-electron chi connectivity index (χ4n) is 0.962. The SMILES string of the molecule is CC.CCOc1cc(C)c(C(=O)OC)s1. The Morgan fingerprint density at radius 1 is 1.47 bits per heavy atom. The van der Waals surface area contributed by atoms with Gasteiger partial charge in [0.15, 0.2) is 5.06 Å². The molecule has 1 heterocycles. The van der Waals surface area contributed by atoms with Gasteiger partial charge in [-0.2, -0.15) is 0 Å². The Morgan fingerprint density at radius 3 is 2.53 bits per heavy atom. The molecule has 1 rings (SSSR count). The fraction of sp³-hybridized carbons (Fsp3) is 0.545. The summed E-state index contributed by atoms with van der Waals surface area (Å²) < 4.78 is 9.90. The fourth-order valence-corrected chi connectivity index (χ4v) is 1.96. The second-order valence-corrected chi connectivity index (χ2v) is 3.52. The molecule has 0 bridgehead atoms. The van der Waals surface area contributed by atoms with E-state index in [1.165, 1.54) is 18.4 Å². The third-order valence-electron chi connectivity index (χ3n) is 1.55. The first-order valence-corrected chi connectivity index (χ1v) is 5.82. The van der Waals surface area contributed by atoms with Gasteiger partial charge in [-0.1, -0.05) is 25.2 Å². The summed E-state index contributed by atoms with van der Waals surface area (Å²) in [4.78, 5) is 11.8. The van der Waals surface area contributed by atoms with E-state index in [0.29, 0.717) is 11.5 Å². The van der Waals surface area contributed by atoms with E-state index in [-0.39, 0.29) is 5.97 Å². The third-order valence-corrected chi connectivity index (χ3v) is 2.68. The van der Waals surface area contributed by atoms with Crippen LogP contribution in [-0.2, 0) is 4.74 Å². The van der Waals surface area contributed by atoms with Crippen LogP contribution in [-0.4, -0.2) is 19.7 Å². The average Bonchev–Trinajstić information content (AvgIpc) is 2.62. The molecule has 0 aliphatic heterocycles. The minimum atomic E-state index is -0.298. The van der Waals surface area contributed by atoms with Crippen LogP contribution in [0, 0.1) is 6.92 Å². The molecule has 0 radical (unpaired) electrons. The zero-order valence-corrected chi connectivity index (χ0v) is 10.7. The summed E-state index contributed by atoms with van der Waals surface area (Å²) in [7, 11) is 1.38. The van der Waals surface area contributed by atoms with Crippen LogP contribution >= 0.6 is 11.3 Å². The first-order valence-electron chi connectivity index (χ1n) is 5.00. The van der Waals surface area contributed by atoms with E-state index < -0.39 is 0 Å². The third kappa shape index (κ3) is 3.91. The van der Waals surface area contributed by atoms with Gasteiger partial charge in [0.1, 0.15) is 4.88 Å². The van der Waals surface area contributed by atoms with Gasteiger partial charge < -0.3 is 9.47 Å². The first-order chi connectivity index (χ1) is 7.19. The Balaban J connectivity index is 0.000000921. The standard InChI is InChI=1S/C9H12O3S.C2H6/c1-4-12-7-5-6(2)8(13-7)9(10)11-3;1-2/h5H,4H2,1-3H3;1-2H3. The van der Waals surface area contributed by atoms with Crippen LogP contribution < -0.4 is 4.74 Å². The topological polar surface area (TPSA) is 35.5 Å². The number of hydrogen-bond donors (Lipinski definition) is 0. The molecule has 86 valence electrons. The molecule has 3 nitrogen and oxygen atoms in total. The molecule has 0 amide bonds.